The topological polar surface area (TPSA) is 98.8 Å². The van der Waals surface area contributed by atoms with Gasteiger partial charge in [-0.1, -0.05) is 0 Å². The van der Waals surface area contributed by atoms with Gasteiger partial charge < -0.3 is 10.2 Å². The summed E-state index contributed by atoms with van der Waals surface area (Å²) in [6, 6.07) is 5.57. The molecule has 3 rings (SSSR count). The first kappa shape index (κ1) is 19.8. The van der Waals surface area contributed by atoms with Crippen molar-refractivity contribution in [3.63, 3.8) is 0 Å². The normalized spacial score (nSPS) is 18.4. The molecule has 0 bridgehead atoms. The predicted octanol–water partition coefficient (Wildman–Crippen LogP) is 0.548. The Morgan fingerprint density at radius 3 is 2.52 bits per heavy atom. The zero-order valence-corrected chi connectivity index (χ0v) is 16.5. The SMILES string of the molecule is CC(=O)N1CCc2cc(NC(=O)CN3CCC(NS(C)(=O)=O)CC3)ccc21. The Morgan fingerprint density at radius 2 is 1.89 bits per heavy atom. The van der Waals surface area contributed by atoms with E-state index in [1.807, 2.05) is 23.1 Å². The summed E-state index contributed by atoms with van der Waals surface area (Å²) in [6.07, 6.45) is 3.35. The summed E-state index contributed by atoms with van der Waals surface area (Å²) >= 11 is 0. The lowest BCUT2D eigenvalue weighted by molar-refractivity contribution is -0.118. The third-order valence-corrected chi connectivity index (χ3v) is 5.74. The number of carbonyl (C=O) groups is 2. The molecule has 1 aromatic rings. The number of piperidine rings is 1. The molecule has 2 N–H and O–H groups in total. The lowest BCUT2D eigenvalue weighted by Crippen LogP contribution is -2.46. The molecule has 27 heavy (non-hydrogen) atoms. The zero-order valence-electron chi connectivity index (χ0n) is 15.7. The summed E-state index contributed by atoms with van der Waals surface area (Å²) in [7, 11) is -3.19. The van der Waals surface area contributed by atoms with Crippen LogP contribution < -0.4 is 14.9 Å². The van der Waals surface area contributed by atoms with E-state index in [1.165, 1.54) is 6.26 Å². The Morgan fingerprint density at radius 1 is 1.19 bits per heavy atom. The summed E-state index contributed by atoms with van der Waals surface area (Å²) < 4.78 is 25.2. The van der Waals surface area contributed by atoms with Crippen molar-refractivity contribution in [1.82, 2.24) is 9.62 Å². The quantitative estimate of drug-likeness (QED) is 0.760. The van der Waals surface area contributed by atoms with Gasteiger partial charge in [0.2, 0.25) is 21.8 Å². The van der Waals surface area contributed by atoms with Crippen LogP contribution in [0.25, 0.3) is 0 Å². The van der Waals surface area contributed by atoms with Crippen molar-refractivity contribution < 1.29 is 18.0 Å². The highest BCUT2D eigenvalue weighted by atomic mass is 32.2. The van der Waals surface area contributed by atoms with Crippen molar-refractivity contribution in [2.75, 3.05) is 42.7 Å². The van der Waals surface area contributed by atoms with Gasteiger partial charge >= 0.3 is 0 Å². The maximum atomic E-state index is 12.3. The largest absolute Gasteiger partial charge is 0.325 e. The third-order valence-electron chi connectivity index (χ3n) is 4.97. The number of hydrogen-bond donors (Lipinski definition) is 2. The number of likely N-dealkylation sites (tertiary alicyclic amines) is 1. The van der Waals surface area contributed by atoms with Crippen LogP contribution in [-0.4, -0.2) is 63.6 Å². The maximum Gasteiger partial charge on any atom is 0.238 e. The van der Waals surface area contributed by atoms with Gasteiger partial charge in [-0.3, -0.25) is 14.5 Å². The molecule has 2 amide bonds. The van der Waals surface area contributed by atoms with E-state index in [2.05, 4.69) is 10.0 Å². The molecule has 0 atom stereocenters. The number of amides is 2. The highest BCUT2D eigenvalue weighted by molar-refractivity contribution is 7.88. The number of hydrogen-bond acceptors (Lipinski definition) is 5. The van der Waals surface area contributed by atoms with Crippen molar-refractivity contribution >= 4 is 33.2 Å². The van der Waals surface area contributed by atoms with Gasteiger partial charge in [-0.25, -0.2) is 13.1 Å². The predicted molar refractivity (Wildman–Crippen MR) is 104 cm³/mol. The number of anilines is 2. The fourth-order valence-electron chi connectivity index (χ4n) is 3.72. The van der Waals surface area contributed by atoms with Crippen molar-refractivity contribution in [1.29, 1.82) is 0 Å². The lowest BCUT2D eigenvalue weighted by Gasteiger charge is -2.31. The molecule has 1 saturated heterocycles. The van der Waals surface area contributed by atoms with E-state index in [0.717, 1.165) is 23.4 Å². The van der Waals surface area contributed by atoms with Gasteiger partial charge in [-0.05, 0) is 43.0 Å². The molecule has 0 saturated carbocycles. The lowest BCUT2D eigenvalue weighted by atomic mass is 10.1. The highest BCUT2D eigenvalue weighted by Gasteiger charge is 2.24. The van der Waals surface area contributed by atoms with E-state index in [4.69, 9.17) is 0 Å². The fraction of sp³-hybridized carbons (Fsp3) is 0.556. The van der Waals surface area contributed by atoms with Gasteiger partial charge in [-0.15, -0.1) is 0 Å². The van der Waals surface area contributed by atoms with Gasteiger partial charge in [0.15, 0.2) is 0 Å². The van der Waals surface area contributed by atoms with Crippen LogP contribution in [0, 0.1) is 0 Å². The second kappa shape index (κ2) is 7.95. The van der Waals surface area contributed by atoms with Crippen LogP contribution in [0.5, 0.6) is 0 Å². The van der Waals surface area contributed by atoms with Crippen molar-refractivity contribution in [3.8, 4) is 0 Å². The number of nitrogens with one attached hydrogen (secondary N) is 2. The van der Waals surface area contributed by atoms with Crippen molar-refractivity contribution in [3.05, 3.63) is 23.8 Å². The van der Waals surface area contributed by atoms with Crippen molar-refractivity contribution in [2.24, 2.45) is 0 Å². The molecule has 1 fully saturated rings. The van der Waals surface area contributed by atoms with Gasteiger partial charge in [-0.2, -0.15) is 0 Å². The summed E-state index contributed by atoms with van der Waals surface area (Å²) in [5.74, 6) is -0.0646. The van der Waals surface area contributed by atoms with E-state index in [9.17, 15) is 18.0 Å². The first-order valence-electron chi connectivity index (χ1n) is 9.12. The molecular weight excluding hydrogens is 368 g/mol. The van der Waals surface area contributed by atoms with Crippen LogP contribution in [-0.2, 0) is 26.0 Å². The number of sulfonamides is 1. The monoisotopic (exact) mass is 394 g/mol. The van der Waals surface area contributed by atoms with Crippen LogP contribution in [0.4, 0.5) is 11.4 Å². The average Bonchev–Trinajstić information content (AvgIpc) is 2.98. The van der Waals surface area contributed by atoms with E-state index in [1.54, 1.807) is 11.8 Å². The van der Waals surface area contributed by atoms with Crippen LogP contribution in [0.15, 0.2) is 18.2 Å². The van der Waals surface area contributed by atoms with Gasteiger partial charge in [0.25, 0.3) is 0 Å². The number of benzene rings is 1. The summed E-state index contributed by atoms with van der Waals surface area (Å²) in [5, 5.41) is 2.92. The van der Waals surface area contributed by atoms with Gasteiger partial charge in [0.05, 0.1) is 12.8 Å². The molecule has 0 aromatic heterocycles. The number of fused-ring (bicyclic) bond motifs is 1. The molecule has 9 heteroatoms. The Hall–Kier alpha value is -1.97. The van der Waals surface area contributed by atoms with Crippen LogP contribution in [0.2, 0.25) is 0 Å². The fourth-order valence-corrected chi connectivity index (χ4v) is 4.56. The first-order chi connectivity index (χ1) is 12.7. The van der Waals surface area contributed by atoms with E-state index >= 15 is 0 Å². The number of nitrogens with zero attached hydrogens (tertiary/aromatic N) is 2. The van der Waals surface area contributed by atoms with Gasteiger partial charge in [0, 0.05) is 44.0 Å². The van der Waals surface area contributed by atoms with Crippen LogP contribution in [0.1, 0.15) is 25.3 Å². The molecule has 1 aromatic carbocycles. The van der Waals surface area contributed by atoms with Crippen LogP contribution in [0.3, 0.4) is 0 Å². The highest BCUT2D eigenvalue weighted by Crippen LogP contribution is 2.30. The molecule has 0 unspecified atom stereocenters. The maximum absolute atomic E-state index is 12.3. The van der Waals surface area contributed by atoms with E-state index in [0.29, 0.717) is 32.5 Å². The zero-order chi connectivity index (χ0) is 19.6. The minimum absolute atomic E-state index is 0.0271. The Kier molecular flexibility index (Phi) is 5.83. The first-order valence-corrected chi connectivity index (χ1v) is 11.0. The van der Waals surface area contributed by atoms with E-state index < -0.39 is 10.0 Å². The molecule has 2 aliphatic heterocycles. The molecule has 2 heterocycles. The Balaban J connectivity index is 1.50. The molecule has 2 aliphatic rings. The molecule has 148 valence electrons. The van der Waals surface area contributed by atoms with E-state index in [-0.39, 0.29) is 24.4 Å². The minimum Gasteiger partial charge on any atom is -0.325 e. The third kappa shape index (κ3) is 5.27. The summed E-state index contributed by atoms with van der Waals surface area (Å²) in [4.78, 5) is 27.7. The number of carbonyl (C=O) groups excluding carboxylic acids is 2. The number of rotatable bonds is 5. The summed E-state index contributed by atoms with van der Waals surface area (Å²) in [6.45, 7) is 3.87. The molecule has 0 spiro atoms. The smallest absolute Gasteiger partial charge is 0.238 e. The Bertz CT molecular complexity index is 832. The average molecular weight is 394 g/mol. The second-order valence-corrected chi connectivity index (χ2v) is 9.03. The molecule has 8 nitrogen and oxygen atoms in total. The minimum atomic E-state index is -3.19. The van der Waals surface area contributed by atoms with Crippen LogP contribution >= 0.6 is 0 Å². The standard InChI is InChI=1S/C18H26N4O4S/c1-13(23)22-10-5-14-11-16(3-4-17(14)22)19-18(24)12-21-8-6-15(7-9-21)20-27(2,25)26/h3-4,11,15,20H,5-10,12H2,1-2H3,(H,19,24). The molecule has 0 radical (unpaired) electrons. The van der Waals surface area contributed by atoms with Crippen molar-refractivity contribution in [2.45, 2.75) is 32.2 Å². The second-order valence-electron chi connectivity index (χ2n) is 7.25. The molecule has 0 aliphatic carbocycles. The Labute approximate surface area is 160 Å². The van der Waals surface area contributed by atoms with Gasteiger partial charge in [0.1, 0.15) is 0 Å². The summed E-state index contributed by atoms with van der Waals surface area (Å²) in [5.41, 5.74) is 2.72. The molecular formula is C18H26N4O4S.